The molecule has 0 aliphatic carbocycles. The van der Waals surface area contributed by atoms with E-state index in [1.165, 1.54) is 48.4 Å². The van der Waals surface area contributed by atoms with E-state index in [9.17, 15) is 0 Å². The quantitative estimate of drug-likeness (QED) is 0.644. The molecule has 2 atom stereocenters. The number of piperidine rings is 2. The van der Waals surface area contributed by atoms with Gasteiger partial charge in [-0.15, -0.1) is 0 Å². The van der Waals surface area contributed by atoms with Gasteiger partial charge in [0.1, 0.15) is 0 Å². The first kappa shape index (κ1) is 18.3. The lowest BCUT2D eigenvalue weighted by atomic mass is 9.82. The van der Waals surface area contributed by atoms with E-state index in [0.29, 0.717) is 6.04 Å². The largest absolute Gasteiger partial charge is 0.356 e. The zero-order chi connectivity index (χ0) is 18.6. The number of nitrogens with one attached hydrogen (secondary N) is 2. The van der Waals surface area contributed by atoms with Gasteiger partial charge in [0.2, 0.25) is 0 Å². The third-order valence-electron chi connectivity index (χ3n) is 6.47. The van der Waals surface area contributed by atoms with Crippen LogP contribution in [0.3, 0.4) is 0 Å². The van der Waals surface area contributed by atoms with Crippen molar-refractivity contribution in [3.63, 3.8) is 0 Å². The number of hydrogen-bond acceptors (Lipinski definition) is 2. The number of guanidine groups is 1. The molecule has 4 rings (SSSR count). The Bertz CT molecular complexity index is 781. The monoisotopic (exact) mass is 364 g/mol. The molecule has 2 aromatic rings. The van der Waals surface area contributed by atoms with Gasteiger partial charge in [-0.1, -0.05) is 48.9 Å². The third kappa shape index (κ3) is 4.11. The molecule has 2 aliphatic heterocycles. The fourth-order valence-electron chi connectivity index (χ4n) is 4.95. The van der Waals surface area contributed by atoms with Crippen molar-refractivity contribution < 1.29 is 0 Å². The molecule has 0 amide bonds. The van der Waals surface area contributed by atoms with Gasteiger partial charge in [0.05, 0.1) is 0 Å². The summed E-state index contributed by atoms with van der Waals surface area (Å²) in [5.41, 5.74) is 1.39. The highest BCUT2D eigenvalue weighted by Gasteiger charge is 2.36. The SMILES string of the molecule is CN=C(NCCc1cccc2ccccc12)NC1CC2CCCC(C1)N2C. The van der Waals surface area contributed by atoms with Crippen LogP contribution in [-0.4, -0.2) is 49.6 Å². The number of fused-ring (bicyclic) bond motifs is 3. The predicted molar refractivity (Wildman–Crippen MR) is 114 cm³/mol. The van der Waals surface area contributed by atoms with Gasteiger partial charge in [0.25, 0.3) is 0 Å². The normalized spacial score (nSPS) is 26.1. The van der Waals surface area contributed by atoms with Gasteiger partial charge < -0.3 is 15.5 Å². The molecule has 2 aromatic carbocycles. The highest BCUT2D eigenvalue weighted by atomic mass is 15.2. The van der Waals surface area contributed by atoms with Crippen LogP contribution >= 0.6 is 0 Å². The Morgan fingerprint density at radius 1 is 1.07 bits per heavy atom. The zero-order valence-electron chi connectivity index (χ0n) is 16.6. The Labute approximate surface area is 163 Å². The van der Waals surface area contributed by atoms with Gasteiger partial charge >= 0.3 is 0 Å². The van der Waals surface area contributed by atoms with Crippen LogP contribution in [0.1, 0.15) is 37.7 Å². The maximum atomic E-state index is 4.47. The smallest absolute Gasteiger partial charge is 0.191 e. The fourth-order valence-corrected chi connectivity index (χ4v) is 4.95. The number of nitrogens with zero attached hydrogens (tertiary/aromatic N) is 2. The highest BCUT2D eigenvalue weighted by molar-refractivity contribution is 5.85. The van der Waals surface area contributed by atoms with E-state index in [1.807, 2.05) is 7.05 Å². The number of benzene rings is 2. The summed E-state index contributed by atoms with van der Waals surface area (Å²) >= 11 is 0. The van der Waals surface area contributed by atoms with Crippen LogP contribution in [0.4, 0.5) is 0 Å². The van der Waals surface area contributed by atoms with Crippen LogP contribution in [0.2, 0.25) is 0 Å². The second kappa shape index (κ2) is 8.30. The van der Waals surface area contributed by atoms with Crippen molar-refractivity contribution in [1.82, 2.24) is 15.5 Å². The molecular formula is C23H32N4. The van der Waals surface area contributed by atoms with E-state index >= 15 is 0 Å². The molecule has 144 valence electrons. The molecule has 0 saturated carbocycles. The first-order valence-corrected chi connectivity index (χ1v) is 10.4. The zero-order valence-corrected chi connectivity index (χ0v) is 16.6. The van der Waals surface area contributed by atoms with E-state index in [1.54, 1.807) is 0 Å². The van der Waals surface area contributed by atoms with Gasteiger partial charge in [-0.05, 0) is 55.5 Å². The Hall–Kier alpha value is -2.07. The highest BCUT2D eigenvalue weighted by Crippen LogP contribution is 2.32. The minimum Gasteiger partial charge on any atom is -0.356 e. The van der Waals surface area contributed by atoms with E-state index in [4.69, 9.17) is 0 Å². The third-order valence-corrected chi connectivity index (χ3v) is 6.47. The van der Waals surface area contributed by atoms with E-state index in [2.05, 4.69) is 70.0 Å². The van der Waals surface area contributed by atoms with Gasteiger partial charge in [0, 0.05) is 31.7 Å². The molecule has 0 spiro atoms. The summed E-state index contributed by atoms with van der Waals surface area (Å²) in [6.07, 6.45) is 7.55. The van der Waals surface area contributed by atoms with Crippen LogP contribution in [0.25, 0.3) is 10.8 Å². The number of hydrogen-bond donors (Lipinski definition) is 2. The predicted octanol–water partition coefficient (Wildman–Crippen LogP) is 3.56. The summed E-state index contributed by atoms with van der Waals surface area (Å²) in [4.78, 5) is 7.08. The summed E-state index contributed by atoms with van der Waals surface area (Å²) in [6, 6.07) is 17.2. The summed E-state index contributed by atoms with van der Waals surface area (Å²) in [6.45, 7) is 0.896. The Kier molecular flexibility index (Phi) is 5.63. The lowest BCUT2D eigenvalue weighted by molar-refractivity contribution is 0.0526. The van der Waals surface area contributed by atoms with Crippen LogP contribution < -0.4 is 10.6 Å². The first-order chi connectivity index (χ1) is 13.2. The van der Waals surface area contributed by atoms with Gasteiger partial charge in [-0.3, -0.25) is 4.99 Å². The maximum Gasteiger partial charge on any atom is 0.191 e. The van der Waals surface area contributed by atoms with Gasteiger partial charge in [-0.25, -0.2) is 0 Å². The van der Waals surface area contributed by atoms with E-state index < -0.39 is 0 Å². The Morgan fingerprint density at radius 3 is 2.59 bits per heavy atom. The molecule has 2 aliphatic rings. The topological polar surface area (TPSA) is 39.7 Å². The van der Waals surface area contributed by atoms with Gasteiger partial charge in [0.15, 0.2) is 5.96 Å². The lowest BCUT2D eigenvalue weighted by Crippen LogP contribution is -2.56. The molecule has 2 fully saturated rings. The Morgan fingerprint density at radius 2 is 1.81 bits per heavy atom. The first-order valence-electron chi connectivity index (χ1n) is 10.4. The fraction of sp³-hybridized carbons (Fsp3) is 0.522. The van der Waals surface area contributed by atoms with Crippen molar-refractivity contribution in [2.45, 2.75) is 56.7 Å². The second-order valence-electron chi connectivity index (χ2n) is 8.10. The molecule has 4 nitrogen and oxygen atoms in total. The molecule has 2 saturated heterocycles. The number of rotatable bonds is 4. The molecule has 2 heterocycles. The Balaban J connectivity index is 1.32. The van der Waals surface area contributed by atoms with Crippen molar-refractivity contribution >= 4 is 16.7 Å². The van der Waals surface area contributed by atoms with E-state index in [-0.39, 0.29) is 0 Å². The molecule has 4 heteroatoms. The standard InChI is InChI=1S/C23H32N4/c1-24-23(26-19-15-20-10-6-11-21(16-19)27(20)2)25-14-13-18-9-5-8-17-7-3-4-12-22(17)18/h3-5,7-9,12,19-21H,6,10-11,13-16H2,1-2H3,(H2,24,25,26). The van der Waals surface area contributed by atoms with Crippen molar-refractivity contribution in [1.29, 1.82) is 0 Å². The van der Waals surface area contributed by atoms with Crippen LogP contribution in [0.5, 0.6) is 0 Å². The van der Waals surface area contributed by atoms with Gasteiger partial charge in [-0.2, -0.15) is 0 Å². The van der Waals surface area contributed by atoms with Crippen LogP contribution in [0, 0.1) is 0 Å². The molecule has 2 N–H and O–H groups in total. The average molecular weight is 365 g/mol. The average Bonchev–Trinajstić information content (AvgIpc) is 2.68. The van der Waals surface area contributed by atoms with Crippen molar-refractivity contribution in [3.05, 3.63) is 48.0 Å². The van der Waals surface area contributed by atoms with Crippen molar-refractivity contribution in [2.75, 3.05) is 20.6 Å². The minimum atomic E-state index is 0.542. The van der Waals surface area contributed by atoms with Crippen molar-refractivity contribution in [2.24, 2.45) is 4.99 Å². The summed E-state index contributed by atoms with van der Waals surface area (Å²) in [7, 11) is 4.19. The summed E-state index contributed by atoms with van der Waals surface area (Å²) < 4.78 is 0. The summed E-state index contributed by atoms with van der Waals surface area (Å²) in [5, 5.41) is 9.89. The van der Waals surface area contributed by atoms with Crippen molar-refractivity contribution in [3.8, 4) is 0 Å². The molecule has 0 aromatic heterocycles. The molecule has 27 heavy (non-hydrogen) atoms. The molecular weight excluding hydrogens is 332 g/mol. The molecule has 0 radical (unpaired) electrons. The maximum absolute atomic E-state index is 4.47. The summed E-state index contributed by atoms with van der Waals surface area (Å²) in [5.74, 6) is 0.947. The minimum absolute atomic E-state index is 0.542. The lowest BCUT2D eigenvalue weighted by Gasteiger charge is -2.47. The van der Waals surface area contributed by atoms with Crippen LogP contribution in [-0.2, 0) is 6.42 Å². The second-order valence-corrected chi connectivity index (χ2v) is 8.10. The van der Waals surface area contributed by atoms with E-state index in [0.717, 1.165) is 31.0 Å². The number of aliphatic imine (C=N–C) groups is 1. The molecule has 2 unspecified atom stereocenters. The van der Waals surface area contributed by atoms with Crippen LogP contribution in [0.15, 0.2) is 47.5 Å². The molecule has 2 bridgehead atoms.